The Morgan fingerprint density at radius 3 is 2.52 bits per heavy atom. The fourth-order valence-corrected chi connectivity index (χ4v) is 6.62. The van der Waals surface area contributed by atoms with E-state index in [1.165, 1.54) is 17.3 Å². The summed E-state index contributed by atoms with van der Waals surface area (Å²) >= 11 is 1.30. The molecule has 0 aromatic heterocycles. The molecular weight excluding hydrogens is 432 g/mol. The van der Waals surface area contributed by atoms with Crippen molar-refractivity contribution in [2.24, 2.45) is 4.99 Å². The third kappa shape index (κ3) is 5.13. The van der Waals surface area contributed by atoms with Gasteiger partial charge in [0.1, 0.15) is 6.61 Å². The number of carbonyl (C=O) groups excluding carboxylic acids is 1. The van der Waals surface area contributed by atoms with Crippen LogP contribution < -0.4 is 4.90 Å². The molecule has 31 heavy (non-hydrogen) atoms. The van der Waals surface area contributed by atoms with Crippen LogP contribution in [0.3, 0.4) is 0 Å². The van der Waals surface area contributed by atoms with Gasteiger partial charge in [0.25, 0.3) is 0 Å². The maximum atomic E-state index is 12.3. The SMILES string of the molecule is CC(C)c1ccc(N2C(SCC(=O)OCc3ccccc3)=NC3CS(=O)(=O)CC32)cc1. The molecule has 2 aliphatic rings. The van der Waals surface area contributed by atoms with E-state index < -0.39 is 9.84 Å². The van der Waals surface area contributed by atoms with Gasteiger partial charge in [-0.1, -0.05) is 68.1 Å². The molecule has 1 saturated heterocycles. The molecule has 4 rings (SSSR count). The molecule has 6 nitrogen and oxygen atoms in total. The van der Waals surface area contributed by atoms with E-state index in [1.807, 2.05) is 47.4 Å². The van der Waals surface area contributed by atoms with E-state index in [-0.39, 0.29) is 41.9 Å². The lowest BCUT2D eigenvalue weighted by Crippen LogP contribution is -2.39. The van der Waals surface area contributed by atoms with Crippen molar-refractivity contribution in [3.63, 3.8) is 0 Å². The number of anilines is 1. The molecule has 2 atom stereocenters. The molecule has 0 spiro atoms. The van der Waals surface area contributed by atoms with Gasteiger partial charge in [-0.3, -0.25) is 9.79 Å². The topological polar surface area (TPSA) is 76.0 Å². The summed E-state index contributed by atoms with van der Waals surface area (Å²) < 4.78 is 29.7. The number of benzene rings is 2. The van der Waals surface area contributed by atoms with Crippen molar-refractivity contribution in [2.75, 3.05) is 22.2 Å². The third-order valence-corrected chi connectivity index (χ3v) is 8.15. The minimum atomic E-state index is -3.11. The Hall–Kier alpha value is -2.32. The van der Waals surface area contributed by atoms with Gasteiger partial charge in [0.05, 0.1) is 29.3 Å². The Morgan fingerprint density at radius 2 is 1.84 bits per heavy atom. The maximum Gasteiger partial charge on any atom is 0.316 e. The number of thioether (sulfide) groups is 1. The number of ether oxygens (including phenoxy) is 1. The predicted molar refractivity (Wildman–Crippen MR) is 125 cm³/mol. The molecule has 0 radical (unpaired) electrons. The van der Waals surface area contributed by atoms with Crippen molar-refractivity contribution >= 4 is 38.4 Å². The van der Waals surface area contributed by atoms with Crippen LogP contribution in [0.15, 0.2) is 59.6 Å². The van der Waals surface area contributed by atoms with E-state index in [4.69, 9.17) is 4.74 Å². The van der Waals surface area contributed by atoms with Crippen LogP contribution in [0.2, 0.25) is 0 Å². The molecule has 2 aromatic carbocycles. The van der Waals surface area contributed by atoms with Gasteiger partial charge in [-0.2, -0.15) is 0 Å². The first-order valence-corrected chi connectivity index (χ1v) is 13.1. The van der Waals surface area contributed by atoms with E-state index in [0.29, 0.717) is 11.1 Å². The zero-order chi connectivity index (χ0) is 22.0. The molecule has 2 unspecified atom stereocenters. The number of aliphatic imine (C=N–C) groups is 1. The normalized spacial score (nSPS) is 21.8. The van der Waals surface area contributed by atoms with Gasteiger partial charge in [0, 0.05) is 5.69 Å². The minimum Gasteiger partial charge on any atom is -0.460 e. The molecule has 2 heterocycles. The van der Waals surface area contributed by atoms with E-state index >= 15 is 0 Å². The summed E-state index contributed by atoms with van der Waals surface area (Å²) in [5, 5.41) is 0.679. The molecule has 8 heteroatoms. The average Bonchev–Trinajstić information content (AvgIpc) is 3.22. The van der Waals surface area contributed by atoms with Crippen LogP contribution in [0.4, 0.5) is 5.69 Å². The summed E-state index contributed by atoms with van der Waals surface area (Å²) in [6.45, 7) is 4.50. The van der Waals surface area contributed by atoms with Crippen LogP contribution in [0, 0.1) is 0 Å². The number of nitrogens with zero attached hydrogens (tertiary/aromatic N) is 2. The van der Waals surface area contributed by atoms with Crippen molar-refractivity contribution in [1.29, 1.82) is 0 Å². The predicted octanol–water partition coefficient (Wildman–Crippen LogP) is 3.63. The van der Waals surface area contributed by atoms with Crippen molar-refractivity contribution in [2.45, 2.75) is 38.5 Å². The number of rotatable bonds is 6. The van der Waals surface area contributed by atoms with Crippen molar-refractivity contribution < 1.29 is 17.9 Å². The largest absolute Gasteiger partial charge is 0.460 e. The number of sulfone groups is 1. The lowest BCUT2D eigenvalue weighted by molar-refractivity contribution is -0.141. The van der Waals surface area contributed by atoms with Gasteiger partial charge in [-0.05, 0) is 29.2 Å². The molecule has 164 valence electrons. The Kier molecular flexibility index (Phi) is 6.39. The Bertz CT molecular complexity index is 1070. The van der Waals surface area contributed by atoms with Gasteiger partial charge >= 0.3 is 5.97 Å². The van der Waals surface area contributed by atoms with Crippen molar-refractivity contribution in [1.82, 2.24) is 0 Å². The molecular formula is C23H26N2O4S2. The van der Waals surface area contributed by atoms with Crippen LogP contribution in [0.5, 0.6) is 0 Å². The quantitative estimate of drug-likeness (QED) is 0.616. The van der Waals surface area contributed by atoms with E-state index in [9.17, 15) is 13.2 Å². The first kappa shape index (κ1) is 21.9. The van der Waals surface area contributed by atoms with E-state index in [2.05, 4.69) is 31.0 Å². The monoisotopic (exact) mass is 458 g/mol. The summed E-state index contributed by atoms with van der Waals surface area (Å²) in [6, 6.07) is 17.2. The molecule has 1 fully saturated rings. The summed E-state index contributed by atoms with van der Waals surface area (Å²) in [5.41, 5.74) is 3.05. The fourth-order valence-electron chi connectivity index (χ4n) is 3.86. The van der Waals surface area contributed by atoms with Crippen molar-refractivity contribution in [3.8, 4) is 0 Å². The first-order chi connectivity index (χ1) is 14.8. The molecule has 0 amide bonds. The molecule has 0 N–H and O–H groups in total. The highest BCUT2D eigenvalue weighted by Crippen LogP contribution is 2.35. The second-order valence-electron chi connectivity index (χ2n) is 8.17. The first-order valence-electron chi connectivity index (χ1n) is 10.3. The summed E-state index contributed by atoms with van der Waals surface area (Å²) in [5.74, 6) is 0.347. The Labute approximate surface area is 187 Å². The Balaban J connectivity index is 1.46. The molecule has 2 aromatic rings. The highest BCUT2D eigenvalue weighted by molar-refractivity contribution is 8.14. The van der Waals surface area contributed by atoms with Crippen LogP contribution in [0.1, 0.15) is 30.9 Å². The van der Waals surface area contributed by atoms with E-state index in [1.54, 1.807) is 0 Å². The maximum absolute atomic E-state index is 12.3. The van der Waals surface area contributed by atoms with Crippen LogP contribution in [-0.4, -0.2) is 48.9 Å². The molecule has 0 aliphatic carbocycles. The average molecular weight is 459 g/mol. The van der Waals surface area contributed by atoms with Gasteiger partial charge in [0.15, 0.2) is 15.0 Å². The highest BCUT2D eigenvalue weighted by Gasteiger charge is 2.47. The van der Waals surface area contributed by atoms with Gasteiger partial charge in [-0.25, -0.2) is 8.42 Å². The summed E-state index contributed by atoms with van der Waals surface area (Å²) in [6.07, 6.45) is 0. The van der Waals surface area contributed by atoms with E-state index in [0.717, 1.165) is 11.3 Å². The summed E-state index contributed by atoms with van der Waals surface area (Å²) in [7, 11) is -3.11. The zero-order valence-corrected chi connectivity index (χ0v) is 19.2. The summed E-state index contributed by atoms with van der Waals surface area (Å²) in [4.78, 5) is 18.9. The molecule has 0 saturated carbocycles. The fraction of sp³-hybridized carbons (Fsp3) is 0.391. The zero-order valence-electron chi connectivity index (χ0n) is 17.6. The van der Waals surface area contributed by atoms with Crippen LogP contribution in [0.25, 0.3) is 0 Å². The highest BCUT2D eigenvalue weighted by atomic mass is 32.2. The van der Waals surface area contributed by atoms with Crippen LogP contribution in [-0.2, 0) is 26.0 Å². The number of hydrogen-bond acceptors (Lipinski definition) is 7. The third-order valence-electron chi connectivity index (χ3n) is 5.51. The lowest BCUT2D eigenvalue weighted by Gasteiger charge is -2.26. The molecule has 2 aliphatic heterocycles. The van der Waals surface area contributed by atoms with Gasteiger partial charge in [-0.15, -0.1) is 0 Å². The van der Waals surface area contributed by atoms with Gasteiger partial charge < -0.3 is 9.64 Å². The van der Waals surface area contributed by atoms with Gasteiger partial charge in [0.2, 0.25) is 0 Å². The molecule has 0 bridgehead atoms. The minimum absolute atomic E-state index is 0.0563. The second-order valence-corrected chi connectivity index (χ2v) is 11.3. The number of esters is 1. The van der Waals surface area contributed by atoms with Crippen molar-refractivity contribution in [3.05, 3.63) is 65.7 Å². The standard InChI is InChI=1S/C23H26N2O4S2/c1-16(2)18-8-10-19(11-9-18)25-21-15-31(27,28)14-20(21)24-23(25)30-13-22(26)29-12-17-6-4-3-5-7-17/h3-11,16,20-21H,12-15H2,1-2H3. The lowest BCUT2D eigenvalue weighted by atomic mass is 10.0. The van der Waals surface area contributed by atoms with Crippen LogP contribution >= 0.6 is 11.8 Å². The second kappa shape index (κ2) is 9.04. The smallest absolute Gasteiger partial charge is 0.316 e. The number of fused-ring (bicyclic) bond motifs is 1. The number of amidine groups is 1. The number of carbonyl (C=O) groups is 1. The number of hydrogen-bond donors (Lipinski definition) is 0. The Morgan fingerprint density at radius 1 is 1.13 bits per heavy atom.